The minimum absolute atomic E-state index is 0.429. The highest BCUT2D eigenvalue weighted by Gasteiger charge is 1.98. The first-order chi connectivity index (χ1) is 5.74. The third-order valence-electron chi connectivity index (χ3n) is 1.50. The number of benzene rings is 1. The topological polar surface area (TPSA) is 0 Å². The molecule has 0 radical (unpaired) electrons. The van der Waals surface area contributed by atoms with Crippen molar-refractivity contribution in [1.29, 1.82) is 0 Å². The zero-order valence-electron chi connectivity index (χ0n) is 6.85. The number of hydrogen-bond donors (Lipinski definition) is 0. The molecule has 0 bridgehead atoms. The predicted molar refractivity (Wildman–Crippen MR) is 45.7 cm³/mol. The lowest BCUT2D eigenvalue weighted by molar-refractivity contribution is 0.581. The molecule has 0 amide bonds. The third kappa shape index (κ3) is 2.16. The molecule has 0 heterocycles. The molecule has 1 aromatic rings. The molecular weight excluding hydrogens is 158 g/mol. The van der Waals surface area contributed by atoms with Crippen LogP contribution in [0.25, 0.3) is 6.08 Å². The van der Waals surface area contributed by atoms with E-state index in [1.165, 1.54) is 12.1 Å². The molecule has 1 rings (SSSR count). The Morgan fingerprint density at radius 1 is 1.33 bits per heavy atom. The van der Waals surface area contributed by atoms with Crippen LogP contribution in [-0.4, -0.2) is 0 Å². The summed E-state index contributed by atoms with van der Waals surface area (Å²) in [6, 6.07) is 3.56. The van der Waals surface area contributed by atoms with E-state index >= 15 is 0 Å². The largest absolute Gasteiger partial charge is 0.207 e. The second-order valence-corrected chi connectivity index (χ2v) is 2.48. The van der Waals surface area contributed by atoms with Crippen LogP contribution in [0.5, 0.6) is 0 Å². The summed E-state index contributed by atoms with van der Waals surface area (Å²) < 4.78 is 25.3. The molecule has 0 aliphatic heterocycles. The summed E-state index contributed by atoms with van der Waals surface area (Å²) >= 11 is 0. The summed E-state index contributed by atoms with van der Waals surface area (Å²) in [4.78, 5) is 0. The summed E-state index contributed by atoms with van der Waals surface area (Å²) in [6.07, 6.45) is 4.32. The molecule has 0 fully saturated rings. The van der Waals surface area contributed by atoms with Crippen LogP contribution in [0, 0.1) is 11.6 Å². The molecule has 0 saturated heterocycles. The predicted octanol–water partition coefficient (Wildman–Crippen LogP) is 3.39. The van der Waals surface area contributed by atoms with Gasteiger partial charge in [-0.2, -0.15) is 0 Å². The highest BCUT2D eigenvalue weighted by atomic mass is 19.1. The number of rotatable bonds is 2. The van der Waals surface area contributed by atoms with Crippen molar-refractivity contribution in [1.82, 2.24) is 0 Å². The van der Waals surface area contributed by atoms with E-state index in [1.807, 2.05) is 13.0 Å². The smallest absolute Gasteiger partial charge is 0.133 e. The fraction of sp³-hybridized carbons (Fsp3) is 0.200. The number of halogens is 2. The molecule has 0 saturated carbocycles. The molecule has 2 heteroatoms. The lowest BCUT2D eigenvalue weighted by atomic mass is 10.2. The molecule has 12 heavy (non-hydrogen) atoms. The maximum absolute atomic E-state index is 12.9. The lowest BCUT2D eigenvalue weighted by Gasteiger charge is -1.95. The fourth-order valence-electron chi connectivity index (χ4n) is 0.881. The zero-order chi connectivity index (χ0) is 8.97. The maximum atomic E-state index is 12.9. The van der Waals surface area contributed by atoms with Gasteiger partial charge in [0.15, 0.2) is 0 Å². The van der Waals surface area contributed by atoms with Crippen molar-refractivity contribution in [2.45, 2.75) is 13.3 Å². The Morgan fingerprint density at radius 3 is 2.67 bits per heavy atom. The second kappa shape index (κ2) is 4.00. The molecule has 0 aliphatic rings. The first kappa shape index (κ1) is 8.91. The van der Waals surface area contributed by atoms with Crippen molar-refractivity contribution in [2.24, 2.45) is 0 Å². The Hall–Kier alpha value is -1.18. The van der Waals surface area contributed by atoms with E-state index in [0.29, 0.717) is 5.56 Å². The second-order valence-electron chi connectivity index (χ2n) is 2.48. The van der Waals surface area contributed by atoms with Crippen LogP contribution in [0.3, 0.4) is 0 Å². The molecule has 0 atom stereocenters. The van der Waals surface area contributed by atoms with Crippen molar-refractivity contribution in [3.8, 4) is 0 Å². The van der Waals surface area contributed by atoms with Gasteiger partial charge >= 0.3 is 0 Å². The first-order valence-corrected chi connectivity index (χ1v) is 3.85. The SMILES string of the molecule is CC/C=C/c1ccc(F)cc1F. The van der Waals surface area contributed by atoms with Gasteiger partial charge in [-0.25, -0.2) is 8.78 Å². The van der Waals surface area contributed by atoms with Gasteiger partial charge in [-0.15, -0.1) is 0 Å². The molecule has 0 aliphatic carbocycles. The molecule has 0 nitrogen and oxygen atoms in total. The fourth-order valence-corrected chi connectivity index (χ4v) is 0.881. The van der Waals surface area contributed by atoms with Crippen LogP contribution in [-0.2, 0) is 0 Å². The molecule has 0 aromatic heterocycles. The van der Waals surface area contributed by atoms with Crippen LogP contribution in [0.1, 0.15) is 18.9 Å². The minimum Gasteiger partial charge on any atom is -0.207 e. The van der Waals surface area contributed by atoms with Gasteiger partial charge in [0, 0.05) is 11.6 Å². The van der Waals surface area contributed by atoms with Crippen LogP contribution in [0.4, 0.5) is 8.78 Å². The molecule has 0 unspecified atom stereocenters. The molecule has 64 valence electrons. The van der Waals surface area contributed by atoms with Gasteiger partial charge in [-0.1, -0.05) is 19.1 Å². The molecule has 0 N–H and O–H groups in total. The van der Waals surface area contributed by atoms with Crippen molar-refractivity contribution < 1.29 is 8.78 Å². The Labute approximate surface area is 70.5 Å². The van der Waals surface area contributed by atoms with E-state index < -0.39 is 11.6 Å². The van der Waals surface area contributed by atoms with Crippen LogP contribution >= 0.6 is 0 Å². The average Bonchev–Trinajstić information content (AvgIpc) is 2.03. The average molecular weight is 168 g/mol. The summed E-state index contributed by atoms with van der Waals surface area (Å²) in [5, 5.41) is 0. The van der Waals surface area contributed by atoms with Gasteiger partial charge in [0.25, 0.3) is 0 Å². The van der Waals surface area contributed by atoms with E-state index in [1.54, 1.807) is 6.08 Å². The Balaban J connectivity index is 2.94. The van der Waals surface area contributed by atoms with Gasteiger partial charge in [-0.05, 0) is 18.6 Å². The van der Waals surface area contributed by atoms with Crippen molar-refractivity contribution in [3.63, 3.8) is 0 Å². The number of allylic oxidation sites excluding steroid dienone is 1. The minimum atomic E-state index is -0.541. The van der Waals surface area contributed by atoms with E-state index in [-0.39, 0.29) is 0 Å². The Morgan fingerprint density at radius 2 is 2.08 bits per heavy atom. The van der Waals surface area contributed by atoms with Gasteiger partial charge in [-0.3, -0.25) is 0 Å². The highest BCUT2D eigenvalue weighted by molar-refractivity contribution is 5.49. The molecular formula is C10H10F2. The first-order valence-electron chi connectivity index (χ1n) is 3.85. The van der Waals surface area contributed by atoms with Gasteiger partial charge in [0.1, 0.15) is 11.6 Å². The van der Waals surface area contributed by atoms with Gasteiger partial charge < -0.3 is 0 Å². The highest BCUT2D eigenvalue weighted by Crippen LogP contribution is 2.11. The van der Waals surface area contributed by atoms with Crippen LogP contribution in [0.15, 0.2) is 24.3 Å². The van der Waals surface area contributed by atoms with Crippen LogP contribution in [0.2, 0.25) is 0 Å². The summed E-state index contributed by atoms with van der Waals surface area (Å²) in [7, 11) is 0. The summed E-state index contributed by atoms with van der Waals surface area (Å²) in [5.41, 5.74) is 0.429. The van der Waals surface area contributed by atoms with Crippen LogP contribution < -0.4 is 0 Å². The standard InChI is InChI=1S/C10H10F2/c1-2-3-4-8-5-6-9(11)7-10(8)12/h3-7H,2H2,1H3/b4-3+. The van der Waals surface area contributed by atoms with E-state index in [9.17, 15) is 8.78 Å². The Bertz CT molecular complexity index is 290. The Kier molecular flexibility index (Phi) is 2.97. The monoisotopic (exact) mass is 168 g/mol. The molecule has 0 spiro atoms. The van der Waals surface area contributed by atoms with Crippen molar-refractivity contribution in [3.05, 3.63) is 41.5 Å². The van der Waals surface area contributed by atoms with Gasteiger partial charge in [0.05, 0.1) is 0 Å². The quantitative estimate of drug-likeness (QED) is 0.635. The van der Waals surface area contributed by atoms with E-state index in [4.69, 9.17) is 0 Å². The van der Waals surface area contributed by atoms with E-state index in [2.05, 4.69) is 0 Å². The third-order valence-corrected chi connectivity index (χ3v) is 1.50. The zero-order valence-corrected chi connectivity index (χ0v) is 6.85. The molecule has 1 aromatic carbocycles. The number of hydrogen-bond acceptors (Lipinski definition) is 0. The summed E-state index contributed by atoms with van der Waals surface area (Å²) in [5.74, 6) is -1.05. The van der Waals surface area contributed by atoms with E-state index in [0.717, 1.165) is 12.5 Å². The van der Waals surface area contributed by atoms with Gasteiger partial charge in [0.2, 0.25) is 0 Å². The lowest BCUT2D eigenvalue weighted by Crippen LogP contribution is -1.83. The van der Waals surface area contributed by atoms with Crippen molar-refractivity contribution in [2.75, 3.05) is 0 Å². The summed E-state index contributed by atoms with van der Waals surface area (Å²) in [6.45, 7) is 1.96. The van der Waals surface area contributed by atoms with Crippen molar-refractivity contribution >= 4 is 6.08 Å². The maximum Gasteiger partial charge on any atom is 0.133 e. The normalized spacial score (nSPS) is 10.9.